The van der Waals surface area contributed by atoms with E-state index >= 15 is 0 Å². The number of aromatic nitrogens is 3. The molecule has 0 spiro atoms. The molecule has 9 heteroatoms. The summed E-state index contributed by atoms with van der Waals surface area (Å²) in [6.07, 6.45) is 4.33. The summed E-state index contributed by atoms with van der Waals surface area (Å²) in [5, 5.41) is 0. The van der Waals surface area contributed by atoms with Crippen LogP contribution >= 0.6 is 0 Å². The third-order valence-corrected chi connectivity index (χ3v) is 5.40. The fraction of sp³-hybridized carbons (Fsp3) is 0.120. The summed E-state index contributed by atoms with van der Waals surface area (Å²) in [5.41, 5.74) is 9.52. The number of nitrogens with two attached hydrogens (primary N) is 1. The Morgan fingerprint density at radius 2 is 1.85 bits per heavy atom. The molecule has 0 unspecified atom stereocenters. The van der Waals surface area contributed by atoms with Crippen LogP contribution in [-0.2, 0) is 4.74 Å². The van der Waals surface area contributed by atoms with Crippen LogP contribution in [0.5, 0.6) is 11.5 Å². The van der Waals surface area contributed by atoms with Crippen molar-refractivity contribution in [3.63, 3.8) is 0 Å². The van der Waals surface area contributed by atoms with Crippen molar-refractivity contribution >= 4 is 5.84 Å². The number of ether oxygens (including phenoxy) is 2. The number of fused-ring (bicyclic) bond motifs is 2. The Labute approximate surface area is 194 Å². The van der Waals surface area contributed by atoms with Gasteiger partial charge in [-0.25, -0.2) is 9.97 Å². The standard InChI is InChI=1S/C25H19F2N5O2/c1-33-13-23(28)32-24-17-9-14(16-3-2-7-30-25(16)27)4-5-20(17)34-21-12-31-19(11-18(21)24)15-6-8-29-22(26)10-15/h2-12,24H,13H2,1H3,(H2,28,32)/t24-/m1/s1. The summed E-state index contributed by atoms with van der Waals surface area (Å²) in [7, 11) is 1.53. The van der Waals surface area contributed by atoms with Crippen LogP contribution in [-0.4, -0.2) is 34.5 Å². The van der Waals surface area contributed by atoms with E-state index in [-0.39, 0.29) is 12.4 Å². The SMILES string of the molecule is COCC(N)=N[C@@H]1c2cc(-c3cccnc3F)ccc2Oc2cnc(-c3ccnc(F)c3)cc21. The largest absolute Gasteiger partial charge is 0.455 e. The second kappa shape index (κ2) is 8.95. The Balaban J connectivity index is 1.66. The van der Waals surface area contributed by atoms with E-state index in [1.165, 1.54) is 25.6 Å². The first-order valence-electron chi connectivity index (χ1n) is 10.4. The number of methoxy groups -OCH3 is 1. The fourth-order valence-electron chi connectivity index (χ4n) is 3.88. The third kappa shape index (κ3) is 4.08. The van der Waals surface area contributed by atoms with Crippen LogP contribution in [0.25, 0.3) is 22.4 Å². The lowest BCUT2D eigenvalue weighted by atomic mass is 9.92. The van der Waals surface area contributed by atoms with Crippen molar-refractivity contribution in [2.24, 2.45) is 10.7 Å². The summed E-state index contributed by atoms with van der Waals surface area (Å²) in [4.78, 5) is 16.4. The van der Waals surface area contributed by atoms with Crippen molar-refractivity contribution in [2.45, 2.75) is 6.04 Å². The van der Waals surface area contributed by atoms with Gasteiger partial charge in [0.1, 0.15) is 24.2 Å². The topological polar surface area (TPSA) is 95.5 Å². The van der Waals surface area contributed by atoms with Crippen LogP contribution in [0, 0.1) is 11.9 Å². The number of aliphatic imine (C=N–C) groups is 1. The van der Waals surface area contributed by atoms with Crippen LogP contribution in [0.15, 0.2) is 72.1 Å². The van der Waals surface area contributed by atoms with Crippen molar-refractivity contribution in [1.82, 2.24) is 15.0 Å². The molecular weight excluding hydrogens is 440 g/mol. The molecule has 4 heterocycles. The molecule has 0 bridgehead atoms. The van der Waals surface area contributed by atoms with Crippen LogP contribution in [0.2, 0.25) is 0 Å². The maximum atomic E-state index is 14.4. The molecule has 7 nitrogen and oxygen atoms in total. The number of halogens is 2. The van der Waals surface area contributed by atoms with Gasteiger partial charge in [-0.3, -0.25) is 9.98 Å². The molecule has 0 aliphatic carbocycles. The molecule has 0 saturated carbocycles. The molecule has 5 rings (SSSR count). The highest BCUT2D eigenvalue weighted by molar-refractivity contribution is 5.82. The maximum Gasteiger partial charge on any atom is 0.220 e. The van der Waals surface area contributed by atoms with Crippen LogP contribution < -0.4 is 10.5 Å². The van der Waals surface area contributed by atoms with Gasteiger partial charge < -0.3 is 15.2 Å². The predicted molar refractivity (Wildman–Crippen MR) is 122 cm³/mol. The van der Waals surface area contributed by atoms with Crippen LogP contribution in [0.1, 0.15) is 17.2 Å². The molecule has 3 aromatic heterocycles. The number of amidine groups is 1. The molecule has 0 radical (unpaired) electrons. The average molecular weight is 459 g/mol. The smallest absolute Gasteiger partial charge is 0.220 e. The zero-order valence-corrected chi connectivity index (χ0v) is 18.1. The number of nitrogens with zero attached hydrogens (tertiary/aromatic N) is 4. The molecule has 1 aliphatic heterocycles. The molecule has 1 atom stereocenters. The third-order valence-electron chi connectivity index (χ3n) is 5.40. The first-order chi connectivity index (χ1) is 16.5. The Morgan fingerprint density at radius 3 is 2.65 bits per heavy atom. The number of hydrogen-bond donors (Lipinski definition) is 1. The lowest BCUT2D eigenvalue weighted by Gasteiger charge is -2.27. The minimum absolute atomic E-state index is 0.131. The minimum atomic E-state index is -0.610. The quantitative estimate of drug-likeness (QED) is 0.264. The Bertz CT molecular complexity index is 1410. The van der Waals surface area contributed by atoms with Crippen molar-refractivity contribution in [2.75, 3.05) is 13.7 Å². The first-order valence-corrected chi connectivity index (χ1v) is 10.4. The summed E-state index contributed by atoms with van der Waals surface area (Å²) < 4.78 is 39.3. The van der Waals surface area contributed by atoms with Gasteiger partial charge in [0.25, 0.3) is 0 Å². The monoisotopic (exact) mass is 459 g/mol. The Hall–Kier alpha value is -4.24. The van der Waals surface area contributed by atoms with E-state index in [1.54, 1.807) is 48.7 Å². The normalized spacial score (nSPS) is 14.8. The lowest BCUT2D eigenvalue weighted by molar-refractivity contribution is 0.244. The second-order valence-corrected chi connectivity index (χ2v) is 7.63. The molecule has 170 valence electrons. The van der Waals surface area contributed by atoms with Gasteiger partial charge in [-0.1, -0.05) is 6.07 Å². The van der Waals surface area contributed by atoms with E-state index in [0.717, 1.165) is 0 Å². The average Bonchev–Trinajstić information content (AvgIpc) is 2.84. The van der Waals surface area contributed by atoms with Crippen LogP contribution in [0.4, 0.5) is 8.78 Å². The maximum absolute atomic E-state index is 14.4. The molecule has 1 aliphatic rings. The molecule has 4 aromatic rings. The molecule has 0 amide bonds. The molecule has 2 N–H and O–H groups in total. The van der Waals surface area contributed by atoms with Crippen LogP contribution in [0.3, 0.4) is 0 Å². The van der Waals surface area contributed by atoms with E-state index in [2.05, 4.69) is 19.9 Å². The van der Waals surface area contributed by atoms with Gasteiger partial charge in [0.05, 0.1) is 11.9 Å². The zero-order chi connectivity index (χ0) is 23.7. The second-order valence-electron chi connectivity index (χ2n) is 7.63. The van der Waals surface area contributed by atoms with E-state index in [4.69, 9.17) is 15.2 Å². The van der Waals surface area contributed by atoms with E-state index in [1.807, 2.05) is 0 Å². The van der Waals surface area contributed by atoms with Gasteiger partial charge in [-0.15, -0.1) is 0 Å². The number of rotatable bonds is 5. The van der Waals surface area contributed by atoms with Gasteiger partial charge in [0.15, 0.2) is 5.75 Å². The van der Waals surface area contributed by atoms with Crippen molar-refractivity contribution in [3.8, 4) is 33.9 Å². The predicted octanol–water partition coefficient (Wildman–Crippen LogP) is 4.68. The molecule has 34 heavy (non-hydrogen) atoms. The number of pyridine rings is 3. The Kier molecular flexibility index (Phi) is 5.69. The van der Waals surface area contributed by atoms with Crippen molar-refractivity contribution < 1.29 is 18.3 Å². The summed E-state index contributed by atoms with van der Waals surface area (Å²) in [5.74, 6) is 0.122. The number of hydrogen-bond acceptors (Lipinski definition) is 6. The van der Waals surface area contributed by atoms with E-state index in [9.17, 15) is 8.78 Å². The minimum Gasteiger partial charge on any atom is -0.455 e. The van der Waals surface area contributed by atoms with Crippen molar-refractivity contribution in [1.29, 1.82) is 0 Å². The van der Waals surface area contributed by atoms with Gasteiger partial charge in [-0.2, -0.15) is 8.78 Å². The van der Waals surface area contributed by atoms with E-state index in [0.29, 0.717) is 45.0 Å². The molecule has 0 fully saturated rings. The summed E-state index contributed by atoms with van der Waals surface area (Å²) in [6.45, 7) is 0.131. The first kappa shape index (κ1) is 21.6. The lowest BCUT2D eigenvalue weighted by Crippen LogP contribution is -2.21. The van der Waals surface area contributed by atoms with Gasteiger partial charge in [0.2, 0.25) is 11.9 Å². The highest BCUT2D eigenvalue weighted by atomic mass is 19.1. The van der Waals surface area contributed by atoms with Gasteiger partial charge in [0, 0.05) is 47.8 Å². The summed E-state index contributed by atoms with van der Waals surface area (Å²) in [6, 6.07) is 12.8. The highest BCUT2D eigenvalue weighted by Crippen LogP contribution is 2.46. The zero-order valence-electron chi connectivity index (χ0n) is 18.1. The van der Waals surface area contributed by atoms with Gasteiger partial charge >= 0.3 is 0 Å². The number of benzene rings is 1. The highest BCUT2D eigenvalue weighted by Gasteiger charge is 2.29. The van der Waals surface area contributed by atoms with Crippen molar-refractivity contribution in [3.05, 3.63) is 90.1 Å². The Morgan fingerprint density at radius 1 is 1.00 bits per heavy atom. The summed E-state index contributed by atoms with van der Waals surface area (Å²) >= 11 is 0. The van der Waals surface area contributed by atoms with E-state index < -0.39 is 17.9 Å². The molecular formula is C25H19F2N5O2. The molecule has 1 aromatic carbocycles. The van der Waals surface area contributed by atoms with Gasteiger partial charge in [-0.05, 0) is 42.0 Å². The fourth-order valence-corrected chi connectivity index (χ4v) is 3.88. The molecule has 0 saturated heterocycles.